The van der Waals surface area contributed by atoms with Gasteiger partial charge in [-0.25, -0.2) is 4.79 Å². The standard InChI is InChI=1S/C17H24N4O2.ClH/c1-12(11-18-2)16(22)20-9-7-13(8-10-20)21-15-6-4-3-5-14(15)19-17(21)23;/h3-6,12-13,18H,7-11H2,1-2H3,(H,19,23);1H. The summed E-state index contributed by atoms with van der Waals surface area (Å²) in [5.41, 5.74) is 1.77. The van der Waals surface area contributed by atoms with Gasteiger partial charge in [-0.2, -0.15) is 0 Å². The van der Waals surface area contributed by atoms with E-state index in [0.29, 0.717) is 19.6 Å². The van der Waals surface area contributed by atoms with E-state index in [1.54, 1.807) is 0 Å². The molecule has 7 heteroatoms. The molecule has 1 atom stereocenters. The van der Waals surface area contributed by atoms with Crippen molar-refractivity contribution in [2.45, 2.75) is 25.8 Å². The number of carbonyl (C=O) groups is 1. The van der Waals surface area contributed by atoms with E-state index in [4.69, 9.17) is 0 Å². The molecule has 1 aromatic heterocycles. The molecule has 1 unspecified atom stereocenters. The third-order valence-corrected chi connectivity index (χ3v) is 4.70. The number of imidazole rings is 1. The summed E-state index contributed by atoms with van der Waals surface area (Å²) >= 11 is 0. The fourth-order valence-electron chi connectivity index (χ4n) is 3.49. The van der Waals surface area contributed by atoms with E-state index in [-0.39, 0.29) is 36.0 Å². The number of likely N-dealkylation sites (tertiary alicyclic amines) is 1. The van der Waals surface area contributed by atoms with Crippen LogP contribution in [0.15, 0.2) is 29.1 Å². The number of para-hydroxylation sites is 2. The van der Waals surface area contributed by atoms with Gasteiger partial charge in [-0.1, -0.05) is 19.1 Å². The van der Waals surface area contributed by atoms with Crippen molar-refractivity contribution in [1.29, 1.82) is 0 Å². The van der Waals surface area contributed by atoms with E-state index in [9.17, 15) is 9.59 Å². The molecule has 2 heterocycles. The van der Waals surface area contributed by atoms with Gasteiger partial charge in [0.2, 0.25) is 5.91 Å². The van der Waals surface area contributed by atoms with Crippen molar-refractivity contribution in [3.05, 3.63) is 34.7 Å². The second-order valence-corrected chi connectivity index (χ2v) is 6.33. The van der Waals surface area contributed by atoms with E-state index in [2.05, 4.69) is 10.3 Å². The fourth-order valence-corrected chi connectivity index (χ4v) is 3.49. The van der Waals surface area contributed by atoms with Crippen LogP contribution in [-0.4, -0.2) is 47.0 Å². The van der Waals surface area contributed by atoms with Crippen molar-refractivity contribution in [3.8, 4) is 0 Å². The zero-order valence-electron chi connectivity index (χ0n) is 14.1. The highest BCUT2D eigenvalue weighted by molar-refractivity contribution is 5.85. The summed E-state index contributed by atoms with van der Waals surface area (Å²) in [6.07, 6.45) is 1.64. The average Bonchev–Trinajstić information content (AvgIpc) is 2.90. The van der Waals surface area contributed by atoms with Gasteiger partial charge in [-0.15, -0.1) is 12.4 Å². The molecule has 0 aliphatic carbocycles. The number of nitrogens with one attached hydrogen (secondary N) is 2. The first kappa shape index (κ1) is 18.5. The van der Waals surface area contributed by atoms with E-state index >= 15 is 0 Å². The van der Waals surface area contributed by atoms with Gasteiger partial charge in [0.15, 0.2) is 0 Å². The summed E-state index contributed by atoms with van der Waals surface area (Å²) in [7, 11) is 1.86. The molecule has 0 saturated carbocycles. The molecule has 6 nitrogen and oxygen atoms in total. The van der Waals surface area contributed by atoms with Gasteiger partial charge in [-0.3, -0.25) is 9.36 Å². The molecule has 0 radical (unpaired) electrons. The zero-order chi connectivity index (χ0) is 16.4. The van der Waals surface area contributed by atoms with Crippen LogP contribution in [0, 0.1) is 5.92 Å². The lowest BCUT2D eigenvalue weighted by Crippen LogP contribution is -2.44. The summed E-state index contributed by atoms with van der Waals surface area (Å²) < 4.78 is 1.86. The summed E-state index contributed by atoms with van der Waals surface area (Å²) in [4.78, 5) is 29.5. The Kier molecular flexibility index (Phi) is 6.07. The third-order valence-electron chi connectivity index (χ3n) is 4.70. The Morgan fingerprint density at radius 3 is 2.67 bits per heavy atom. The minimum atomic E-state index is -0.0560. The van der Waals surface area contributed by atoms with Gasteiger partial charge in [0.1, 0.15) is 0 Å². The van der Waals surface area contributed by atoms with Crippen LogP contribution in [0.4, 0.5) is 0 Å². The molecule has 1 aliphatic rings. The van der Waals surface area contributed by atoms with Crippen LogP contribution in [0.2, 0.25) is 0 Å². The summed E-state index contributed by atoms with van der Waals surface area (Å²) in [5.74, 6) is 0.191. The fraction of sp³-hybridized carbons (Fsp3) is 0.529. The summed E-state index contributed by atoms with van der Waals surface area (Å²) in [6.45, 7) is 4.07. The maximum Gasteiger partial charge on any atom is 0.326 e. The maximum absolute atomic E-state index is 12.4. The third kappa shape index (κ3) is 3.49. The summed E-state index contributed by atoms with van der Waals surface area (Å²) in [6, 6.07) is 7.92. The van der Waals surface area contributed by atoms with Crippen LogP contribution in [0.25, 0.3) is 11.0 Å². The molecule has 0 bridgehead atoms. The molecule has 1 fully saturated rings. The Labute approximate surface area is 147 Å². The van der Waals surface area contributed by atoms with Crippen LogP contribution in [0.1, 0.15) is 25.8 Å². The number of aromatic amines is 1. The number of benzene rings is 1. The van der Waals surface area contributed by atoms with Crippen molar-refractivity contribution in [1.82, 2.24) is 19.8 Å². The monoisotopic (exact) mass is 352 g/mol. The number of rotatable bonds is 4. The van der Waals surface area contributed by atoms with Gasteiger partial charge < -0.3 is 15.2 Å². The molecule has 24 heavy (non-hydrogen) atoms. The first-order valence-electron chi connectivity index (χ1n) is 8.24. The van der Waals surface area contributed by atoms with E-state index in [1.165, 1.54) is 0 Å². The molecular formula is C17H25ClN4O2. The molecule has 1 aliphatic heterocycles. The van der Waals surface area contributed by atoms with Crippen molar-refractivity contribution in [3.63, 3.8) is 0 Å². The number of nitrogens with zero attached hydrogens (tertiary/aromatic N) is 2. The Morgan fingerprint density at radius 2 is 2.00 bits per heavy atom. The first-order valence-corrected chi connectivity index (χ1v) is 8.24. The average molecular weight is 353 g/mol. The SMILES string of the molecule is CNCC(C)C(=O)N1CCC(n2c(=O)[nH]c3ccccc32)CC1.Cl. The van der Waals surface area contributed by atoms with Gasteiger partial charge in [0.05, 0.1) is 11.0 Å². The van der Waals surface area contributed by atoms with Gasteiger partial charge in [0, 0.05) is 31.6 Å². The van der Waals surface area contributed by atoms with E-state index in [1.807, 2.05) is 47.7 Å². The van der Waals surface area contributed by atoms with Gasteiger partial charge in [0.25, 0.3) is 0 Å². The number of carbonyl (C=O) groups excluding carboxylic acids is 1. The Morgan fingerprint density at radius 1 is 1.33 bits per heavy atom. The van der Waals surface area contributed by atoms with Crippen LogP contribution in [0.5, 0.6) is 0 Å². The molecule has 2 aromatic rings. The Balaban J connectivity index is 0.00000208. The molecular weight excluding hydrogens is 328 g/mol. The first-order chi connectivity index (χ1) is 11.1. The highest BCUT2D eigenvalue weighted by Gasteiger charge is 2.27. The smallest absolute Gasteiger partial charge is 0.326 e. The van der Waals surface area contributed by atoms with Crippen LogP contribution in [0.3, 0.4) is 0 Å². The molecule has 1 saturated heterocycles. The number of hydrogen-bond donors (Lipinski definition) is 2. The van der Waals surface area contributed by atoms with Crippen LogP contribution < -0.4 is 11.0 Å². The van der Waals surface area contributed by atoms with E-state index in [0.717, 1.165) is 23.9 Å². The molecule has 132 valence electrons. The Bertz CT molecular complexity index is 746. The number of piperidine rings is 1. The van der Waals surface area contributed by atoms with E-state index < -0.39 is 0 Å². The lowest BCUT2D eigenvalue weighted by Gasteiger charge is -2.34. The van der Waals surface area contributed by atoms with Crippen molar-refractivity contribution < 1.29 is 4.79 Å². The van der Waals surface area contributed by atoms with Crippen LogP contribution in [-0.2, 0) is 4.79 Å². The predicted octanol–water partition coefficient (Wildman–Crippen LogP) is 1.77. The molecule has 0 spiro atoms. The minimum Gasteiger partial charge on any atom is -0.342 e. The quantitative estimate of drug-likeness (QED) is 0.881. The van der Waals surface area contributed by atoms with Crippen LogP contribution >= 0.6 is 12.4 Å². The van der Waals surface area contributed by atoms with Crippen molar-refractivity contribution in [2.24, 2.45) is 5.92 Å². The molecule has 3 rings (SSSR count). The highest BCUT2D eigenvalue weighted by atomic mass is 35.5. The lowest BCUT2D eigenvalue weighted by atomic mass is 10.0. The maximum atomic E-state index is 12.4. The molecule has 2 N–H and O–H groups in total. The number of fused-ring (bicyclic) bond motifs is 1. The normalized spacial score (nSPS) is 16.8. The second-order valence-electron chi connectivity index (χ2n) is 6.33. The topological polar surface area (TPSA) is 70.1 Å². The number of H-pyrrole nitrogens is 1. The number of aromatic nitrogens is 2. The number of hydrogen-bond acceptors (Lipinski definition) is 3. The van der Waals surface area contributed by atoms with Gasteiger partial charge in [-0.05, 0) is 32.0 Å². The second kappa shape index (κ2) is 7.85. The molecule has 1 amide bonds. The van der Waals surface area contributed by atoms with Crippen molar-refractivity contribution >= 4 is 29.3 Å². The largest absolute Gasteiger partial charge is 0.342 e. The van der Waals surface area contributed by atoms with Crippen molar-refractivity contribution in [2.75, 3.05) is 26.7 Å². The van der Waals surface area contributed by atoms with Gasteiger partial charge >= 0.3 is 5.69 Å². The Hall–Kier alpha value is -1.79. The lowest BCUT2D eigenvalue weighted by molar-refractivity contribution is -0.136. The molecule has 1 aromatic carbocycles. The zero-order valence-corrected chi connectivity index (χ0v) is 14.9. The number of amides is 1. The predicted molar refractivity (Wildman–Crippen MR) is 97.7 cm³/mol. The summed E-state index contributed by atoms with van der Waals surface area (Å²) in [5, 5.41) is 3.05. The number of halogens is 1. The minimum absolute atomic E-state index is 0. The highest BCUT2D eigenvalue weighted by Crippen LogP contribution is 2.25.